The Balaban J connectivity index is 1.29. The molecule has 5 rings (SSSR count). The second kappa shape index (κ2) is 8.20. The van der Waals surface area contributed by atoms with E-state index >= 15 is 0 Å². The summed E-state index contributed by atoms with van der Waals surface area (Å²) in [7, 11) is 0. The van der Waals surface area contributed by atoms with Crippen LogP contribution in [0.15, 0.2) is 36.4 Å². The van der Waals surface area contributed by atoms with Crippen LogP contribution in [0.5, 0.6) is 0 Å². The molecule has 0 saturated carbocycles. The molecular formula is C24H26FN3O2. The molecule has 0 atom stereocenters. The fourth-order valence-corrected chi connectivity index (χ4v) is 4.55. The minimum absolute atomic E-state index is 0.248. The highest BCUT2D eigenvalue weighted by atomic mass is 19.1. The van der Waals surface area contributed by atoms with E-state index in [1.807, 2.05) is 6.07 Å². The number of halogens is 1. The summed E-state index contributed by atoms with van der Waals surface area (Å²) in [5.74, 6) is -0.0779. The lowest BCUT2D eigenvalue weighted by atomic mass is 9.99. The molecule has 0 bridgehead atoms. The van der Waals surface area contributed by atoms with Gasteiger partial charge >= 0.3 is 0 Å². The molecule has 3 aliphatic rings. The zero-order chi connectivity index (χ0) is 20.5. The number of nitrogens with zero attached hydrogens (tertiary/aromatic N) is 1. The van der Waals surface area contributed by atoms with Crippen molar-refractivity contribution in [3.8, 4) is 0 Å². The number of hydrogen-bond donors (Lipinski definition) is 2. The van der Waals surface area contributed by atoms with Crippen LogP contribution in [0.2, 0.25) is 0 Å². The molecule has 0 radical (unpaired) electrons. The van der Waals surface area contributed by atoms with E-state index in [0.717, 1.165) is 30.8 Å². The first-order chi connectivity index (χ1) is 14.7. The van der Waals surface area contributed by atoms with Gasteiger partial charge in [-0.1, -0.05) is 24.6 Å². The molecule has 1 saturated heterocycles. The lowest BCUT2D eigenvalue weighted by molar-refractivity contribution is -0.110. The molecule has 3 heterocycles. The van der Waals surface area contributed by atoms with Crippen LogP contribution in [0.1, 0.15) is 41.5 Å². The molecule has 1 amide bonds. The van der Waals surface area contributed by atoms with Gasteiger partial charge in [0.05, 0.1) is 5.57 Å². The van der Waals surface area contributed by atoms with E-state index in [4.69, 9.17) is 4.74 Å². The van der Waals surface area contributed by atoms with Crippen molar-refractivity contribution in [3.05, 3.63) is 64.5 Å². The molecule has 1 fully saturated rings. The Morgan fingerprint density at radius 2 is 1.93 bits per heavy atom. The summed E-state index contributed by atoms with van der Waals surface area (Å²) in [4.78, 5) is 15.1. The number of hydrogen-bond acceptors (Lipinski definition) is 4. The molecule has 0 unspecified atom stereocenters. The van der Waals surface area contributed by atoms with Gasteiger partial charge in [-0.05, 0) is 49.7 Å². The Morgan fingerprint density at radius 3 is 2.80 bits per heavy atom. The first kappa shape index (κ1) is 19.3. The summed E-state index contributed by atoms with van der Waals surface area (Å²) < 4.78 is 19.7. The molecule has 0 spiro atoms. The van der Waals surface area contributed by atoms with E-state index in [-0.39, 0.29) is 11.7 Å². The molecule has 3 aliphatic heterocycles. The summed E-state index contributed by atoms with van der Waals surface area (Å²) >= 11 is 0. The number of anilines is 1. The first-order valence-electron chi connectivity index (χ1n) is 10.7. The summed E-state index contributed by atoms with van der Waals surface area (Å²) in [5.41, 5.74) is 4.77. The number of piperidine rings is 1. The Hall–Kier alpha value is -2.70. The predicted molar refractivity (Wildman–Crippen MR) is 115 cm³/mol. The number of carbonyl (C=O) groups is 1. The average Bonchev–Trinajstić information content (AvgIpc) is 3.31. The van der Waals surface area contributed by atoms with Crippen LogP contribution in [-0.2, 0) is 22.7 Å². The fourth-order valence-electron chi connectivity index (χ4n) is 4.55. The first-order valence-corrected chi connectivity index (χ1v) is 10.7. The van der Waals surface area contributed by atoms with Crippen LogP contribution in [0.3, 0.4) is 0 Å². The molecule has 2 aromatic carbocycles. The molecule has 30 heavy (non-hydrogen) atoms. The number of likely N-dealkylation sites (tertiary alicyclic amines) is 1. The quantitative estimate of drug-likeness (QED) is 0.586. The van der Waals surface area contributed by atoms with E-state index in [2.05, 4.69) is 27.7 Å². The van der Waals surface area contributed by atoms with Gasteiger partial charge in [-0.2, -0.15) is 0 Å². The van der Waals surface area contributed by atoms with Gasteiger partial charge in [-0.25, -0.2) is 4.39 Å². The molecule has 0 aromatic heterocycles. The zero-order valence-electron chi connectivity index (χ0n) is 17.0. The third kappa shape index (κ3) is 3.73. The number of ether oxygens (including phenoxy) is 1. The Labute approximate surface area is 175 Å². The highest BCUT2D eigenvalue weighted by Crippen LogP contribution is 2.41. The van der Waals surface area contributed by atoms with Crippen LogP contribution in [-0.4, -0.2) is 37.0 Å². The van der Waals surface area contributed by atoms with E-state index in [1.165, 1.54) is 50.0 Å². The average molecular weight is 407 g/mol. The second-order valence-corrected chi connectivity index (χ2v) is 8.21. The van der Waals surface area contributed by atoms with Gasteiger partial charge in [0.15, 0.2) is 0 Å². The smallest absolute Gasteiger partial charge is 0.260 e. The summed E-state index contributed by atoms with van der Waals surface area (Å²) in [6.45, 7) is 5.74. The Morgan fingerprint density at radius 1 is 1.07 bits per heavy atom. The normalized spacial score (nSPS) is 20.6. The van der Waals surface area contributed by atoms with Crippen molar-refractivity contribution in [1.29, 1.82) is 0 Å². The number of nitrogens with one attached hydrogen (secondary N) is 2. The number of fused-ring (bicyclic) bond motifs is 2. The van der Waals surface area contributed by atoms with Gasteiger partial charge < -0.3 is 20.3 Å². The van der Waals surface area contributed by atoms with Crippen molar-refractivity contribution in [3.63, 3.8) is 0 Å². The SMILES string of the molecule is O=C1Nc2ccc(F)cc2C1=C1OCc2cc(CNCCN3CCCCC3)ccc21. The van der Waals surface area contributed by atoms with Gasteiger partial charge in [0, 0.05) is 42.0 Å². The summed E-state index contributed by atoms with van der Waals surface area (Å²) in [6.07, 6.45) is 4.00. The van der Waals surface area contributed by atoms with Crippen LogP contribution in [0, 0.1) is 5.82 Å². The van der Waals surface area contributed by atoms with Crippen LogP contribution in [0.4, 0.5) is 10.1 Å². The second-order valence-electron chi connectivity index (χ2n) is 8.21. The maximum Gasteiger partial charge on any atom is 0.260 e. The van der Waals surface area contributed by atoms with Crippen molar-refractivity contribution < 1.29 is 13.9 Å². The maximum absolute atomic E-state index is 13.8. The molecule has 0 aliphatic carbocycles. The minimum atomic E-state index is -0.368. The van der Waals surface area contributed by atoms with Gasteiger partial charge in [0.25, 0.3) is 5.91 Å². The van der Waals surface area contributed by atoms with Gasteiger partial charge in [-0.15, -0.1) is 0 Å². The molecule has 5 nitrogen and oxygen atoms in total. The van der Waals surface area contributed by atoms with Crippen molar-refractivity contribution in [2.24, 2.45) is 0 Å². The van der Waals surface area contributed by atoms with E-state index in [0.29, 0.717) is 29.2 Å². The van der Waals surface area contributed by atoms with E-state index in [9.17, 15) is 9.18 Å². The van der Waals surface area contributed by atoms with E-state index < -0.39 is 0 Å². The van der Waals surface area contributed by atoms with Crippen LogP contribution < -0.4 is 10.6 Å². The number of benzene rings is 2. The molecule has 2 aromatic rings. The van der Waals surface area contributed by atoms with Gasteiger partial charge in [0.1, 0.15) is 18.2 Å². The van der Waals surface area contributed by atoms with Crippen molar-refractivity contribution in [2.45, 2.75) is 32.4 Å². The number of amides is 1. The zero-order valence-corrected chi connectivity index (χ0v) is 17.0. The van der Waals surface area contributed by atoms with Crippen molar-refractivity contribution in [1.82, 2.24) is 10.2 Å². The van der Waals surface area contributed by atoms with Crippen LogP contribution in [0.25, 0.3) is 11.3 Å². The lowest BCUT2D eigenvalue weighted by Crippen LogP contribution is -2.35. The van der Waals surface area contributed by atoms with Crippen LogP contribution >= 0.6 is 0 Å². The molecular weight excluding hydrogens is 381 g/mol. The highest BCUT2D eigenvalue weighted by Gasteiger charge is 2.32. The van der Waals surface area contributed by atoms with Crippen molar-refractivity contribution in [2.75, 3.05) is 31.5 Å². The van der Waals surface area contributed by atoms with Gasteiger partial charge in [0.2, 0.25) is 0 Å². The third-order valence-corrected chi connectivity index (χ3v) is 6.12. The Kier molecular flexibility index (Phi) is 5.27. The lowest BCUT2D eigenvalue weighted by Gasteiger charge is -2.26. The van der Waals surface area contributed by atoms with Gasteiger partial charge in [-0.3, -0.25) is 4.79 Å². The minimum Gasteiger partial charge on any atom is -0.487 e. The van der Waals surface area contributed by atoms with E-state index in [1.54, 1.807) is 6.07 Å². The summed E-state index contributed by atoms with van der Waals surface area (Å²) in [6, 6.07) is 10.5. The maximum atomic E-state index is 13.8. The standard InChI is InChI=1S/C24H26FN3O2/c25-18-5-7-21-20(13-18)22(24(29)27-21)23-19-6-4-16(12-17(19)15-30-23)14-26-8-11-28-9-2-1-3-10-28/h4-7,12-13,26H,1-3,8-11,14-15H2,(H,27,29). The number of carbonyl (C=O) groups excluding carboxylic acids is 1. The molecule has 2 N–H and O–H groups in total. The largest absolute Gasteiger partial charge is 0.487 e. The Bertz CT molecular complexity index is 1010. The monoisotopic (exact) mass is 407 g/mol. The molecule has 156 valence electrons. The molecule has 6 heteroatoms. The van der Waals surface area contributed by atoms with Crippen molar-refractivity contribution >= 4 is 22.9 Å². The number of rotatable bonds is 5. The topological polar surface area (TPSA) is 53.6 Å². The predicted octanol–water partition coefficient (Wildman–Crippen LogP) is 3.75. The summed E-state index contributed by atoms with van der Waals surface area (Å²) in [5, 5.41) is 6.33. The fraction of sp³-hybridized carbons (Fsp3) is 0.375. The third-order valence-electron chi connectivity index (χ3n) is 6.12. The highest BCUT2D eigenvalue weighted by molar-refractivity contribution is 6.36.